The number of halogens is 1. The predicted octanol–water partition coefficient (Wildman–Crippen LogP) is 6.11. The molecule has 0 aliphatic heterocycles. The quantitative estimate of drug-likeness (QED) is 0.207. The second kappa shape index (κ2) is 13.6. The van der Waals surface area contributed by atoms with E-state index in [1.165, 1.54) is 26.2 Å². The second-order valence-electron chi connectivity index (χ2n) is 8.67. The van der Waals surface area contributed by atoms with Crippen LogP contribution in [0.25, 0.3) is 10.9 Å². The number of carbonyl (C=O) groups is 1. The van der Waals surface area contributed by atoms with E-state index in [1.54, 1.807) is 36.5 Å². The van der Waals surface area contributed by atoms with Crippen molar-refractivity contribution in [2.75, 3.05) is 32.4 Å². The van der Waals surface area contributed by atoms with Gasteiger partial charge in [0.2, 0.25) is 0 Å². The molecule has 0 aliphatic carbocycles. The highest BCUT2D eigenvalue weighted by atomic mass is 35.5. The second-order valence-corrected chi connectivity index (χ2v) is 9.08. The molecule has 0 amide bonds. The number of ether oxygens (including phenoxy) is 2. The Bertz CT molecular complexity index is 1810. The number of nitrogens with zero attached hydrogens (tertiary/aromatic N) is 4. The fourth-order valence-corrected chi connectivity index (χ4v) is 4.07. The van der Waals surface area contributed by atoms with Crippen molar-refractivity contribution in [1.29, 1.82) is 5.26 Å². The molecule has 0 unspecified atom stereocenters. The van der Waals surface area contributed by atoms with Crippen LogP contribution in [0.3, 0.4) is 0 Å². The monoisotopic (exact) mass is 561 g/mol. The number of benzene rings is 2. The SMILES string of the molecule is [2H]/C(=C\C(=O)Cc1cc2c(Nc3ccc(OCc4ccccn4)c(Cl)c3)c(C#N)cnc2cc1OC([2H])([2H])C)CN(C)C([2H])([2H])[2H]. The molecular formula is C31H30ClN5O3. The van der Waals surface area contributed by atoms with Crippen LogP contribution < -0.4 is 14.8 Å². The molecule has 204 valence electrons. The van der Waals surface area contributed by atoms with Gasteiger partial charge in [0.1, 0.15) is 24.2 Å². The zero-order valence-electron chi connectivity index (χ0n) is 27.9. The van der Waals surface area contributed by atoms with Crippen molar-refractivity contribution in [2.24, 2.45) is 0 Å². The van der Waals surface area contributed by atoms with Crippen molar-refractivity contribution >= 4 is 39.7 Å². The first-order valence-electron chi connectivity index (χ1n) is 15.2. The van der Waals surface area contributed by atoms with E-state index in [0.29, 0.717) is 33.0 Å². The van der Waals surface area contributed by atoms with Crippen molar-refractivity contribution in [1.82, 2.24) is 14.9 Å². The summed E-state index contributed by atoms with van der Waals surface area (Å²) in [5, 5.41) is 13.9. The van der Waals surface area contributed by atoms with Gasteiger partial charge in [-0.25, -0.2) is 0 Å². The van der Waals surface area contributed by atoms with E-state index in [9.17, 15) is 10.1 Å². The number of ketones is 1. The number of nitrogens with one attached hydrogen (secondary N) is 1. The van der Waals surface area contributed by atoms with Crippen LogP contribution in [0.5, 0.6) is 11.5 Å². The third kappa shape index (κ3) is 7.35. The first-order valence-corrected chi connectivity index (χ1v) is 12.6. The Morgan fingerprint density at radius 1 is 1.25 bits per heavy atom. The number of nitriles is 1. The molecule has 0 spiro atoms. The standard InChI is InChI=1S/C31H30ClN5O3/c1-4-39-30-17-28-26(15-21(30)14-25(38)9-7-13-37(2)3)31(22(18-33)19-35-28)36-23-10-11-29(27(32)16-23)40-20-24-8-5-6-12-34-24/h5-12,15-17,19H,4,13-14,20H2,1-3H3,(H,35,36)/b9-7+/i2D3,4D2,7D. The summed E-state index contributed by atoms with van der Waals surface area (Å²) in [5.74, 6) is -0.0495. The number of likely N-dealkylation sites (N-methyl/N-ethyl adjacent to an activating group) is 1. The number of rotatable bonds is 12. The molecule has 8 nitrogen and oxygen atoms in total. The van der Waals surface area contributed by atoms with Crippen LogP contribution >= 0.6 is 11.6 Å². The minimum atomic E-state index is -2.43. The smallest absolute Gasteiger partial charge is 0.159 e. The maximum absolute atomic E-state index is 13.0. The molecule has 2 aromatic heterocycles. The van der Waals surface area contributed by atoms with Crippen LogP contribution in [0.15, 0.2) is 73.1 Å². The Morgan fingerprint density at radius 3 is 2.85 bits per heavy atom. The first-order chi connectivity index (χ1) is 21.6. The van der Waals surface area contributed by atoms with Gasteiger partial charge in [-0.15, -0.1) is 0 Å². The van der Waals surface area contributed by atoms with Crippen LogP contribution in [0.4, 0.5) is 11.4 Å². The van der Waals surface area contributed by atoms with Gasteiger partial charge in [-0.05, 0) is 63.4 Å². The molecule has 0 saturated heterocycles. The number of fused-ring (bicyclic) bond motifs is 1. The van der Waals surface area contributed by atoms with E-state index < -0.39 is 19.3 Å². The predicted molar refractivity (Wildman–Crippen MR) is 157 cm³/mol. The lowest BCUT2D eigenvalue weighted by molar-refractivity contribution is -0.114. The lowest BCUT2D eigenvalue weighted by Gasteiger charge is -2.16. The van der Waals surface area contributed by atoms with Crippen molar-refractivity contribution in [2.45, 2.75) is 20.0 Å². The summed E-state index contributed by atoms with van der Waals surface area (Å²) >= 11 is 6.51. The van der Waals surface area contributed by atoms with Gasteiger partial charge in [0, 0.05) is 52.2 Å². The van der Waals surface area contributed by atoms with Gasteiger partial charge in [-0.2, -0.15) is 5.26 Å². The van der Waals surface area contributed by atoms with Crippen molar-refractivity contribution in [3.05, 3.63) is 94.9 Å². The number of hydrogen-bond donors (Lipinski definition) is 1. The van der Waals surface area contributed by atoms with E-state index in [1.807, 2.05) is 12.1 Å². The maximum Gasteiger partial charge on any atom is 0.159 e. The van der Waals surface area contributed by atoms with Gasteiger partial charge in [0.15, 0.2) is 5.78 Å². The number of carbonyl (C=O) groups excluding carboxylic acids is 1. The Balaban J connectivity index is 1.68. The number of aromatic nitrogens is 2. The molecule has 0 atom stereocenters. The van der Waals surface area contributed by atoms with Crippen LogP contribution in [0, 0.1) is 11.3 Å². The lowest BCUT2D eigenvalue weighted by atomic mass is 10.0. The lowest BCUT2D eigenvalue weighted by Crippen LogP contribution is -2.11. The number of anilines is 2. The Morgan fingerprint density at radius 2 is 2.12 bits per heavy atom. The van der Waals surface area contributed by atoms with Crippen LogP contribution in [0.1, 0.15) is 32.0 Å². The van der Waals surface area contributed by atoms with E-state index >= 15 is 0 Å². The van der Waals surface area contributed by atoms with Gasteiger partial charge in [0.25, 0.3) is 0 Å². The summed E-state index contributed by atoms with van der Waals surface area (Å²) in [7, 11) is 1.32. The molecule has 9 heteroatoms. The maximum atomic E-state index is 13.0. The van der Waals surface area contributed by atoms with Gasteiger partial charge in [0.05, 0.1) is 38.2 Å². The number of pyridine rings is 2. The molecule has 2 heterocycles. The van der Waals surface area contributed by atoms with Crippen molar-refractivity contribution in [3.63, 3.8) is 0 Å². The molecule has 4 rings (SSSR count). The van der Waals surface area contributed by atoms with Gasteiger partial charge < -0.3 is 19.7 Å². The minimum absolute atomic E-state index is 0.0495. The zero-order chi connectivity index (χ0) is 33.6. The topological polar surface area (TPSA) is 100 Å². The molecule has 1 N–H and O–H groups in total. The third-order valence-corrected chi connectivity index (χ3v) is 5.94. The van der Waals surface area contributed by atoms with Gasteiger partial charge >= 0.3 is 0 Å². The average molecular weight is 562 g/mol. The van der Waals surface area contributed by atoms with Crippen LogP contribution in [-0.2, 0) is 17.8 Å². The third-order valence-electron chi connectivity index (χ3n) is 5.64. The number of allylic oxidation sites excluding steroid dienone is 1. The summed E-state index contributed by atoms with van der Waals surface area (Å²) in [6, 6.07) is 15.5. The highest BCUT2D eigenvalue weighted by Crippen LogP contribution is 2.36. The zero-order valence-corrected chi connectivity index (χ0v) is 22.6. The largest absolute Gasteiger partial charge is 0.494 e. The fourth-order valence-electron chi connectivity index (χ4n) is 3.84. The molecule has 0 fully saturated rings. The highest BCUT2D eigenvalue weighted by molar-refractivity contribution is 6.32. The molecule has 2 aromatic carbocycles. The molecular weight excluding hydrogens is 526 g/mol. The summed E-state index contributed by atoms with van der Waals surface area (Å²) in [6.45, 7) is -3.38. The molecule has 0 aliphatic rings. The van der Waals surface area contributed by atoms with Crippen molar-refractivity contribution in [3.8, 4) is 17.6 Å². The molecule has 40 heavy (non-hydrogen) atoms. The summed E-state index contributed by atoms with van der Waals surface area (Å²) in [4.78, 5) is 22.5. The summed E-state index contributed by atoms with van der Waals surface area (Å²) in [5.41, 5.74) is 2.44. The van der Waals surface area contributed by atoms with Crippen LogP contribution in [0.2, 0.25) is 5.02 Å². The summed E-state index contributed by atoms with van der Waals surface area (Å²) in [6.07, 6.45) is 3.76. The fraction of sp³-hybridized carbons (Fsp3) is 0.226. The first kappa shape index (κ1) is 21.4. The Hall–Kier alpha value is -4.45. The molecule has 0 saturated carbocycles. The Labute approximate surface area is 247 Å². The van der Waals surface area contributed by atoms with Gasteiger partial charge in [-0.1, -0.05) is 23.7 Å². The average Bonchev–Trinajstić information content (AvgIpc) is 2.96. The highest BCUT2D eigenvalue weighted by Gasteiger charge is 2.16. The molecule has 0 radical (unpaired) electrons. The molecule has 4 aromatic rings. The van der Waals surface area contributed by atoms with E-state index in [0.717, 1.165) is 16.7 Å². The Kier molecular flexibility index (Phi) is 7.25. The normalized spacial score (nSPS) is 14.2. The number of hydrogen-bond acceptors (Lipinski definition) is 8. The van der Waals surface area contributed by atoms with Crippen LogP contribution in [-0.4, -0.2) is 47.8 Å². The van der Waals surface area contributed by atoms with E-state index in [4.69, 9.17) is 29.3 Å². The van der Waals surface area contributed by atoms with Crippen molar-refractivity contribution < 1.29 is 22.5 Å². The van der Waals surface area contributed by atoms with E-state index in [-0.39, 0.29) is 42.5 Å². The van der Waals surface area contributed by atoms with Gasteiger partial charge in [-0.3, -0.25) is 14.8 Å². The van der Waals surface area contributed by atoms with E-state index in [2.05, 4.69) is 21.4 Å². The molecule has 0 bridgehead atoms. The summed E-state index contributed by atoms with van der Waals surface area (Å²) < 4.78 is 57.6. The minimum Gasteiger partial charge on any atom is -0.494 e.